The number of nitrogen functional groups attached to an aromatic ring is 1. The Morgan fingerprint density at radius 1 is 1.10 bits per heavy atom. The summed E-state index contributed by atoms with van der Waals surface area (Å²) in [5.41, 5.74) is 9.73. The minimum absolute atomic E-state index is 0.543. The summed E-state index contributed by atoms with van der Waals surface area (Å²) in [4.78, 5) is 4.76. The maximum atomic E-state index is 6.36. The van der Waals surface area contributed by atoms with Crippen molar-refractivity contribution in [2.75, 3.05) is 5.73 Å². The number of rotatable bonds is 5. The van der Waals surface area contributed by atoms with Crippen LogP contribution in [0.1, 0.15) is 51.9 Å². The first-order valence-corrected chi connectivity index (χ1v) is 7.89. The number of hydrogen-bond acceptors (Lipinski definition) is 2. The highest BCUT2D eigenvalue weighted by atomic mass is 15.1. The van der Waals surface area contributed by atoms with Crippen molar-refractivity contribution in [3.63, 3.8) is 0 Å². The molecule has 114 valence electrons. The lowest BCUT2D eigenvalue weighted by molar-refractivity contribution is 0.513. The predicted octanol–water partition coefficient (Wildman–Crippen LogP) is 4.47. The number of aryl methyl sites for hydroxylation is 1. The fraction of sp³-hybridized carbons (Fsp3) is 0.500. The molecule has 0 aliphatic carbocycles. The minimum Gasteiger partial charge on any atom is -0.383 e. The van der Waals surface area contributed by atoms with Crippen molar-refractivity contribution in [1.82, 2.24) is 9.55 Å². The summed E-state index contributed by atoms with van der Waals surface area (Å²) in [6.45, 7) is 11.9. The molecule has 2 N–H and O–H groups in total. The number of nitrogens with zero attached hydrogens (tertiary/aromatic N) is 2. The van der Waals surface area contributed by atoms with Gasteiger partial charge in [0.25, 0.3) is 0 Å². The van der Waals surface area contributed by atoms with E-state index in [0.717, 1.165) is 35.9 Å². The van der Waals surface area contributed by atoms with E-state index < -0.39 is 0 Å². The first kappa shape index (κ1) is 15.6. The smallest absolute Gasteiger partial charge is 0.131 e. The molecule has 0 atom stereocenters. The quantitative estimate of drug-likeness (QED) is 0.880. The Balaban J connectivity index is 2.41. The first-order chi connectivity index (χ1) is 9.93. The normalized spacial score (nSPS) is 11.6. The third-order valence-corrected chi connectivity index (χ3v) is 3.80. The van der Waals surface area contributed by atoms with Crippen molar-refractivity contribution in [2.24, 2.45) is 5.92 Å². The van der Waals surface area contributed by atoms with E-state index in [9.17, 15) is 0 Å². The van der Waals surface area contributed by atoms with Crippen LogP contribution in [0.25, 0.3) is 11.3 Å². The molecule has 2 rings (SSSR count). The SMILES string of the molecule is CCc1nc(-c2ccc(C(C)C)cc2)c(N)n1CC(C)C. The fourth-order valence-corrected chi connectivity index (χ4v) is 2.59. The van der Waals surface area contributed by atoms with Crippen LogP contribution in [-0.2, 0) is 13.0 Å². The van der Waals surface area contributed by atoms with E-state index in [1.165, 1.54) is 5.56 Å². The number of imidazole rings is 1. The van der Waals surface area contributed by atoms with Crippen molar-refractivity contribution < 1.29 is 0 Å². The van der Waals surface area contributed by atoms with Crippen molar-refractivity contribution in [1.29, 1.82) is 0 Å². The molecule has 0 saturated carbocycles. The first-order valence-electron chi connectivity index (χ1n) is 7.89. The predicted molar refractivity (Wildman–Crippen MR) is 90.4 cm³/mol. The van der Waals surface area contributed by atoms with Crippen LogP contribution in [0.5, 0.6) is 0 Å². The summed E-state index contributed by atoms with van der Waals surface area (Å²) in [6, 6.07) is 8.61. The Morgan fingerprint density at radius 2 is 1.71 bits per heavy atom. The maximum Gasteiger partial charge on any atom is 0.131 e. The summed E-state index contributed by atoms with van der Waals surface area (Å²) in [7, 11) is 0. The molecule has 0 saturated heterocycles. The van der Waals surface area contributed by atoms with Gasteiger partial charge in [0, 0.05) is 18.5 Å². The summed E-state index contributed by atoms with van der Waals surface area (Å²) in [5, 5.41) is 0. The van der Waals surface area contributed by atoms with Crippen LogP contribution in [0.2, 0.25) is 0 Å². The minimum atomic E-state index is 0.543. The molecule has 2 aromatic rings. The van der Waals surface area contributed by atoms with Crippen molar-refractivity contribution in [2.45, 2.75) is 53.5 Å². The summed E-state index contributed by atoms with van der Waals surface area (Å²) in [6.07, 6.45) is 0.904. The third-order valence-electron chi connectivity index (χ3n) is 3.80. The highest BCUT2D eigenvalue weighted by molar-refractivity contribution is 5.71. The molecular weight excluding hydrogens is 258 g/mol. The van der Waals surface area contributed by atoms with Gasteiger partial charge in [-0.15, -0.1) is 0 Å². The van der Waals surface area contributed by atoms with Gasteiger partial charge < -0.3 is 10.3 Å². The van der Waals surface area contributed by atoms with Crippen LogP contribution >= 0.6 is 0 Å². The van der Waals surface area contributed by atoms with Gasteiger partial charge in [-0.3, -0.25) is 0 Å². The highest BCUT2D eigenvalue weighted by Crippen LogP contribution is 2.28. The lowest BCUT2D eigenvalue weighted by atomic mass is 10.0. The molecule has 3 heteroatoms. The van der Waals surface area contributed by atoms with Gasteiger partial charge in [0.05, 0.1) is 0 Å². The lowest BCUT2D eigenvalue weighted by Gasteiger charge is -2.11. The van der Waals surface area contributed by atoms with Crippen LogP contribution in [-0.4, -0.2) is 9.55 Å². The Bertz CT molecular complexity index is 592. The number of hydrogen-bond donors (Lipinski definition) is 1. The Morgan fingerprint density at radius 3 is 2.19 bits per heavy atom. The second kappa shape index (κ2) is 6.33. The zero-order chi connectivity index (χ0) is 15.6. The van der Waals surface area contributed by atoms with Crippen molar-refractivity contribution in [3.8, 4) is 11.3 Å². The molecule has 0 spiro atoms. The molecule has 0 fully saturated rings. The Kier molecular flexibility index (Phi) is 4.71. The summed E-state index contributed by atoms with van der Waals surface area (Å²) < 4.78 is 2.16. The molecule has 0 aliphatic heterocycles. The second-order valence-electron chi connectivity index (χ2n) is 6.40. The standard InChI is InChI=1S/C18H27N3/c1-6-16-20-17(18(19)21(16)11-12(2)3)15-9-7-14(8-10-15)13(4)5/h7-10,12-13H,6,11,19H2,1-5H3. The zero-order valence-corrected chi connectivity index (χ0v) is 13.9. The van der Waals surface area contributed by atoms with Gasteiger partial charge in [-0.25, -0.2) is 4.98 Å². The van der Waals surface area contributed by atoms with Crippen molar-refractivity contribution >= 4 is 5.82 Å². The topological polar surface area (TPSA) is 43.8 Å². The van der Waals surface area contributed by atoms with Gasteiger partial charge in [-0.2, -0.15) is 0 Å². The third kappa shape index (κ3) is 3.29. The van der Waals surface area contributed by atoms with Gasteiger partial charge in [0.1, 0.15) is 17.3 Å². The van der Waals surface area contributed by atoms with Crippen molar-refractivity contribution in [3.05, 3.63) is 35.7 Å². The van der Waals surface area contributed by atoms with Gasteiger partial charge in [0.15, 0.2) is 0 Å². The highest BCUT2D eigenvalue weighted by Gasteiger charge is 2.16. The molecule has 0 aliphatic rings. The van der Waals surface area contributed by atoms with E-state index in [1.54, 1.807) is 0 Å². The molecule has 0 amide bonds. The molecule has 3 nitrogen and oxygen atoms in total. The molecule has 21 heavy (non-hydrogen) atoms. The lowest BCUT2D eigenvalue weighted by Crippen LogP contribution is -2.10. The number of benzene rings is 1. The average molecular weight is 285 g/mol. The maximum absolute atomic E-state index is 6.36. The molecule has 1 aromatic heterocycles. The monoisotopic (exact) mass is 285 g/mol. The van der Waals surface area contributed by atoms with E-state index in [-0.39, 0.29) is 0 Å². The number of anilines is 1. The van der Waals surface area contributed by atoms with Gasteiger partial charge in [-0.1, -0.05) is 58.9 Å². The molecular formula is C18H27N3. The van der Waals surface area contributed by atoms with E-state index in [4.69, 9.17) is 10.7 Å². The molecule has 1 heterocycles. The largest absolute Gasteiger partial charge is 0.383 e. The molecule has 0 unspecified atom stereocenters. The fourth-order valence-electron chi connectivity index (χ4n) is 2.59. The van der Waals surface area contributed by atoms with Crippen LogP contribution < -0.4 is 5.73 Å². The van der Waals surface area contributed by atoms with E-state index in [0.29, 0.717) is 11.8 Å². The summed E-state index contributed by atoms with van der Waals surface area (Å²) in [5.74, 6) is 2.96. The Labute approximate surface area is 128 Å². The van der Waals surface area contributed by atoms with Crippen LogP contribution in [0.15, 0.2) is 24.3 Å². The van der Waals surface area contributed by atoms with E-state index >= 15 is 0 Å². The van der Waals surface area contributed by atoms with Crippen LogP contribution in [0.3, 0.4) is 0 Å². The second-order valence-corrected chi connectivity index (χ2v) is 6.40. The molecule has 0 bridgehead atoms. The van der Waals surface area contributed by atoms with Crippen LogP contribution in [0.4, 0.5) is 5.82 Å². The zero-order valence-electron chi connectivity index (χ0n) is 13.9. The van der Waals surface area contributed by atoms with E-state index in [1.807, 2.05) is 0 Å². The van der Waals surface area contributed by atoms with Gasteiger partial charge in [-0.05, 0) is 17.4 Å². The average Bonchev–Trinajstić information content (AvgIpc) is 2.75. The molecule has 1 aromatic carbocycles. The molecule has 0 radical (unpaired) electrons. The van der Waals surface area contributed by atoms with Gasteiger partial charge >= 0.3 is 0 Å². The number of nitrogens with two attached hydrogens (primary N) is 1. The van der Waals surface area contributed by atoms with E-state index in [2.05, 4.69) is 63.5 Å². The van der Waals surface area contributed by atoms with Gasteiger partial charge in [0.2, 0.25) is 0 Å². The summed E-state index contributed by atoms with van der Waals surface area (Å²) >= 11 is 0. The Hall–Kier alpha value is -1.77. The van der Waals surface area contributed by atoms with Crippen LogP contribution in [0, 0.1) is 5.92 Å². The number of aromatic nitrogens is 2.